The van der Waals surface area contributed by atoms with Gasteiger partial charge in [-0.2, -0.15) is 0 Å². The normalized spacial score (nSPS) is 16.9. The van der Waals surface area contributed by atoms with Crippen LogP contribution in [0.2, 0.25) is 0 Å². The Morgan fingerprint density at radius 3 is 2.90 bits per heavy atom. The van der Waals surface area contributed by atoms with Gasteiger partial charge in [0.25, 0.3) is 0 Å². The first kappa shape index (κ1) is 11.4. The molecular formula is C18H15NO. The summed E-state index contributed by atoms with van der Waals surface area (Å²) >= 11 is 0. The zero-order valence-corrected chi connectivity index (χ0v) is 11.3. The fourth-order valence-electron chi connectivity index (χ4n) is 2.75. The van der Waals surface area contributed by atoms with Gasteiger partial charge in [0.15, 0.2) is 0 Å². The van der Waals surface area contributed by atoms with Crippen molar-refractivity contribution in [1.29, 1.82) is 0 Å². The number of hydrogen-bond acceptors (Lipinski definition) is 1. The van der Waals surface area contributed by atoms with Gasteiger partial charge in [-0.05, 0) is 41.3 Å². The fraction of sp³-hybridized carbons (Fsp3) is 0.111. The maximum Gasteiger partial charge on any atom is 0.142 e. The van der Waals surface area contributed by atoms with E-state index in [1.54, 1.807) is 0 Å². The molecule has 1 aromatic heterocycles. The Bertz CT molecular complexity index is 813. The Balaban J connectivity index is 1.74. The maximum absolute atomic E-state index is 6.08. The van der Waals surface area contributed by atoms with Crippen LogP contribution in [0.3, 0.4) is 0 Å². The maximum atomic E-state index is 6.08. The summed E-state index contributed by atoms with van der Waals surface area (Å²) in [6.07, 6.45) is 6.33. The highest BCUT2D eigenvalue weighted by Crippen LogP contribution is 2.33. The van der Waals surface area contributed by atoms with Gasteiger partial charge in [0.2, 0.25) is 0 Å². The average Bonchev–Trinajstić information content (AvgIpc) is 2.88. The molecule has 1 aliphatic rings. The second-order valence-electron chi connectivity index (χ2n) is 5.18. The third kappa shape index (κ3) is 1.73. The second-order valence-corrected chi connectivity index (χ2v) is 5.18. The molecule has 0 aliphatic carbocycles. The van der Waals surface area contributed by atoms with Gasteiger partial charge < -0.3 is 9.30 Å². The van der Waals surface area contributed by atoms with Crippen LogP contribution < -0.4 is 4.74 Å². The summed E-state index contributed by atoms with van der Waals surface area (Å²) < 4.78 is 8.21. The molecule has 2 aromatic carbocycles. The van der Waals surface area contributed by atoms with Crippen molar-refractivity contribution < 1.29 is 4.74 Å². The Morgan fingerprint density at radius 2 is 1.95 bits per heavy atom. The molecule has 0 bridgehead atoms. The van der Waals surface area contributed by atoms with Crippen LogP contribution in [0.5, 0.6) is 5.75 Å². The van der Waals surface area contributed by atoms with Gasteiger partial charge in [-0.3, -0.25) is 0 Å². The number of ether oxygens (including phenoxy) is 1. The summed E-state index contributed by atoms with van der Waals surface area (Å²) in [4.78, 5) is 0. The van der Waals surface area contributed by atoms with E-state index in [4.69, 9.17) is 4.74 Å². The molecule has 20 heavy (non-hydrogen) atoms. The van der Waals surface area contributed by atoms with E-state index < -0.39 is 0 Å². The Morgan fingerprint density at radius 1 is 1.05 bits per heavy atom. The first-order valence-electron chi connectivity index (χ1n) is 6.80. The van der Waals surface area contributed by atoms with Crippen molar-refractivity contribution in [1.82, 2.24) is 4.57 Å². The molecule has 3 aromatic rings. The summed E-state index contributed by atoms with van der Waals surface area (Å²) in [6, 6.07) is 16.8. The lowest BCUT2D eigenvalue weighted by Crippen LogP contribution is -2.08. The van der Waals surface area contributed by atoms with Crippen molar-refractivity contribution in [2.75, 3.05) is 0 Å². The molecule has 0 saturated heterocycles. The van der Waals surface area contributed by atoms with Crippen LogP contribution in [0.1, 0.15) is 17.2 Å². The zero-order chi connectivity index (χ0) is 13.5. The zero-order valence-electron chi connectivity index (χ0n) is 11.3. The third-order valence-corrected chi connectivity index (χ3v) is 3.86. The Labute approximate surface area is 117 Å². The van der Waals surface area contributed by atoms with Gasteiger partial charge in [0, 0.05) is 24.3 Å². The standard InChI is InChI=1S/C18H15NO/c1-19-11-10-14-12-15(6-8-16(14)19)18-9-7-13-4-2-3-5-17(13)20-18/h2-12,18H,1H3. The van der Waals surface area contributed by atoms with Gasteiger partial charge in [0.05, 0.1) is 0 Å². The number of benzene rings is 2. The first-order valence-corrected chi connectivity index (χ1v) is 6.80. The van der Waals surface area contributed by atoms with Gasteiger partial charge in [-0.25, -0.2) is 0 Å². The fourth-order valence-corrected chi connectivity index (χ4v) is 2.75. The van der Waals surface area contributed by atoms with Crippen molar-refractivity contribution in [2.45, 2.75) is 6.10 Å². The number of aryl methyl sites for hydroxylation is 1. The molecule has 0 radical (unpaired) electrons. The van der Waals surface area contributed by atoms with Gasteiger partial charge in [0.1, 0.15) is 11.9 Å². The van der Waals surface area contributed by atoms with Crippen molar-refractivity contribution in [3.05, 3.63) is 71.9 Å². The number of fused-ring (bicyclic) bond motifs is 2. The number of para-hydroxylation sites is 1. The summed E-state index contributed by atoms with van der Waals surface area (Å²) in [5, 5.41) is 1.25. The molecular weight excluding hydrogens is 246 g/mol. The van der Waals surface area contributed by atoms with Crippen LogP contribution in [0.25, 0.3) is 17.0 Å². The highest BCUT2D eigenvalue weighted by Gasteiger charge is 2.16. The largest absolute Gasteiger partial charge is 0.481 e. The SMILES string of the molecule is Cn1ccc2cc(C3C=Cc4ccccc4O3)ccc21. The molecule has 1 aliphatic heterocycles. The minimum absolute atomic E-state index is 0.00509. The minimum Gasteiger partial charge on any atom is -0.481 e. The van der Waals surface area contributed by atoms with E-state index in [9.17, 15) is 0 Å². The van der Waals surface area contributed by atoms with Crippen LogP contribution in [0.15, 0.2) is 60.8 Å². The molecule has 0 spiro atoms. The number of hydrogen-bond donors (Lipinski definition) is 0. The molecule has 98 valence electrons. The third-order valence-electron chi connectivity index (χ3n) is 3.86. The molecule has 2 nitrogen and oxygen atoms in total. The quantitative estimate of drug-likeness (QED) is 0.636. The van der Waals surface area contributed by atoms with E-state index in [1.165, 1.54) is 16.5 Å². The molecule has 0 amide bonds. The summed E-state index contributed by atoms with van der Waals surface area (Å²) in [7, 11) is 2.06. The monoisotopic (exact) mass is 261 g/mol. The van der Waals surface area contributed by atoms with Gasteiger partial charge in [-0.15, -0.1) is 0 Å². The van der Waals surface area contributed by atoms with Gasteiger partial charge >= 0.3 is 0 Å². The topological polar surface area (TPSA) is 14.2 Å². The Hall–Kier alpha value is -2.48. The van der Waals surface area contributed by atoms with E-state index in [-0.39, 0.29) is 6.10 Å². The minimum atomic E-state index is -0.00509. The van der Waals surface area contributed by atoms with E-state index in [2.05, 4.69) is 60.3 Å². The highest BCUT2D eigenvalue weighted by molar-refractivity contribution is 5.81. The smallest absolute Gasteiger partial charge is 0.142 e. The van der Waals surface area contributed by atoms with Crippen LogP contribution in [0, 0.1) is 0 Å². The summed E-state index contributed by atoms with van der Waals surface area (Å²) in [6.45, 7) is 0. The highest BCUT2D eigenvalue weighted by atomic mass is 16.5. The lowest BCUT2D eigenvalue weighted by molar-refractivity contribution is 0.252. The summed E-state index contributed by atoms with van der Waals surface area (Å²) in [5.41, 5.74) is 3.58. The molecule has 0 saturated carbocycles. The number of rotatable bonds is 1. The second kappa shape index (κ2) is 4.27. The molecule has 1 unspecified atom stereocenters. The van der Waals surface area contributed by atoms with Crippen molar-refractivity contribution in [3.8, 4) is 5.75 Å². The van der Waals surface area contributed by atoms with Crippen LogP contribution in [-0.2, 0) is 7.05 Å². The first-order chi connectivity index (χ1) is 9.81. The van der Waals surface area contributed by atoms with Crippen molar-refractivity contribution >= 4 is 17.0 Å². The molecule has 2 heterocycles. The van der Waals surface area contributed by atoms with E-state index in [0.29, 0.717) is 0 Å². The van der Waals surface area contributed by atoms with Crippen molar-refractivity contribution in [2.24, 2.45) is 7.05 Å². The number of nitrogens with zero attached hydrogens (tertiary/aromatic N) is 1. The van der Waals surface area contributed by atoms with E-state index in [1.807, 2.05) is 18.2 Å². The molecule has 0 N–H and O–H groups in total. The van der Waals surface area contributed by atoms with Crippen LogP contribution >= 0.6 is 0 Å². The van der Waals surface area contributed by atoms with Crippen LogP contribution in [-0.4, -0.2) is 4.57 Å². The lowest BCUT2D eigenvalue weighted by Gasteiger charge is -2.21. The van der Waals surface area contributed by atoms with Crippen molar-refractivity contribution in [3.63, 3.8) is 0 Å². The molecule has 1 atom stereocenters. The predicted octanol–water partition coefficient (Wildman–Crippen LogP) is 4.33. The lowest BCUT2D eigenvalue weighted by atomic mass is 10.0. The van der Waals surface area contributed by atoms with Gasteiger partial charge in [-0.1, -0.05) is 30.3 Å². The molecule has 0 fully saturated rings. The molecule has 4 rings (SSSR count). The summed E-state index contributed by atoms with van der Waals surface area (Å²) in [5.74, 6) is 0.952. The van der Waals surface area contributed by atoms with E-state index in [0.717, 1.165) is 11.3 Å². The molecule has 2 heteroatoms. The number of aromatic nitrogens is 1. The van der Waals surface area contributed by atoms with Crippen LogP contribution in [0.4, 0.5) is 0 Å². The van der Waals surface area contributed by atoms with E-state index >= 15 is 0 Å². The predicted molar refractivity (Wildman–Crippen MR) is 81.8 cm³/mol. The average molecular weight is 261 g/mol. The Kier molecular flexibility index (Phi) is 2.43.